The van der Waals surface area contributed by atoms with Crippen molar-refractivity contribution >= 4 is 21.8 Å². The van der Waals surface area contributed by atoms with Crippen LogP contribution in [-0.4, -0.2) is 31.7 Å². The first kappa shape index (κ1) is 14.8. The third-order valence-electron chi connectivity index (χ3n) is 2.05. The molecule has 1 amide bonds. The number of benzene rings is 1. The molecule has 0 aromatic heterocycles. The van der Waals surface area contributed by atoms with E-state index in [-0.39, 0.29) is 15.8 Å². The molecule has 1 aromatic rings. The number of hydrogen-bond acceptors (Lipinski definition) is 3. The number of alkyl halides is 2. The summed E-state index contributed by atoms with van der Waals surface area (Å²) in [5, 5.41) is 0.804. The van der Waals surface area contributed by atoms with Crippen molar-refractivity contribution in [1.29, 1.82) is 0 Å². The molecule has 0 fully saturated rings. The van der Waals surface area contributed by atoms with Crippen LogP contribution in [0.4, 0.5) is 13.2 Å². The van der Waals surface area contributed by atoms with E-state index in [1.165, 1.54) is 14.2 Å². The molecule has 0 radical (unpaired) electrons. The highest BCUT2D eigenvalue weighted by Crippen LogP contribution is 2.31. The molecule has 1 aromatic carbocycles. The molecule has 0 heterocycles. The standard InChI is InChI=1S/C10H9BrF3NO3/c1-15(17-2)9(16)5-3-4-6(18-10(13)14)7(11)8(5)12/h3-4,10H,1-2H3. The maximum Gasteiger partial charge on any atom is 0.387 e. The first-order valence-electron chi connectivity index (χ1n) is 4.63. The van der Waals surface area contributed by atoms with E-state index in [0.29, 0.717) is 0 Å². The van der Waals surface area contributed by atoms with Gasteiger partial charge in [0, 0.05) is 7.05 Å². The lowest BCUT2D eigenvalue weighted by molar-refractivity contribution is -0.0759. The van der Waals surface area contributed by atoms with Crippen molar-refractivity contribution in [1.82, 2.24) is 5.06 Å². The molecule has 0 bridgehead atoms. The Balaban J connectivity index is 3.12. The molecule has 0 saturated carbocycles. The number of ether oxygens (including phenoxy) is 1. The molecular weight excluding hydrogens is 319 g/mol. The van der Waals surface area contributed by atoms with E-state index in [0.717, 1.165) is 17.2 Å². The molecule has 18 heavy (non-hydrogen) atoms. The minimum absolute atomic E-state index is 0.326. The molecule has 0 atom stereocenters. The fourth-order valence-electron chi connectivity index (χ4n) is 1.14. The van der Waals surface area contributed by atoms with Crippen LogP contribution in [0.1, 0.15) is 10.4 Å². The third kappa shape index (κ3) is 3.14. The van der Waals surface area contributed by atoms with E-state index in [1.807, 2.05) is 0 Å². The van der Waals surface area contributed by atoms with E-state index in [9.17, 15) is 18.0 Å². The Kier molecular flexibility index (Phi) is 4.97. The number of carbonyl (C=O) groups is 1. The average Bonchev–Trinajstić information content (AvgIpc) is 2.33. The highest BCUT2D eigenvalue weighted by Gasteiger charge is 2.21. The van der Waals surface area contributed by atoms with Gasteiger partial charge < -0.3 is 4.74 Å². The first-order chi connectivity index (χ1) is 8.38. The maximum atomic E-state index is 13.8. The zero-order chi connectivity index (χ0) is 13.9. The smallest absolute Gasteiger partial charge is 0.387 e. The summed E-state index contributed by atoms with van der Waals surface area (Å²) in [5.41, 5.74) is -0.326. The molecule has 0 aliphatic heterocycles. The monoisotopic (exact) mass is 327 g/mol. The van der Waals surface area contributed by atoms with Crippen LogP contribution in [0.25, 0.3) is 0 Å². The van der Waals surface area contributed by atoms with Gasteiger partial charge in [0.2, 0.25) is 0 Å². The number of carbonyl (C=O) groups excluding carboxylic acids is 1. The maximum absolute atomic E-state index is 13.8. The van der Waals surface area contributed by atoms with Gasteiger partial charge in [-0.1, -0.05) is 0 Å². The molecule has 0 unspecified atom stereocenters. The van der Waals surface area contributed by atoms with Gasteiger partial charge in [-0.15, -0.1) is 0 Å². The summed E-state index contributed by atoms with van der Waals surface area (Å²) >= 11 is 2.75. The van der Waals surface area contributed by atoms with Gasteiger partial charge in [0.1, 0.15) is 5.75 Å². The van der Waals surface area contributed by atoms with Crippen LogP contribution in [-0.2, 0) is 4.84 Å². The van der Waals surface area contributed by atoms with Crippen LogP contribution in [0.2, 0.25) is 0 Å². The van der Waals surface area contributed by atoms with E-state index in [2.05, 4.69) is 25.5 Å². The van der Waals surface area contributed by atoms with Crippen LogP contribution < -0.4 is 4.74 Å². The van der Waals surface area contributed by atoms with Crippen molar-refractivity contribution < 1.29 is 27.5 Å². The van der Waals surface area contributed by atoms with Crippen molar-refractivity contribution in [3.63, 3.8) is 0 Å². The van der Waals surface area contributed by atoms with Crippen LogP contribution in [0, 0.1) is 5.82 Å². The Labute approximate surface area is 109 Å². The molecule has 0 saturated heterocycles. The molecular formula is C10H9BrF3NO3. The minimum Gasteiger partial charge on any atom is -0.434 e. The Bertz CT molecular complexity index is 456. The van der Waals surface area contributed by atoms with Crippen LogP contribution in [0.3, 0.4) is 0 Å². The SMILES string of the molecule is CON(C)C(=O)c1ccc(OC(F)F)c(Br)c1F. The second kappa shape index (κ2) is 6.05. The zero-order valence-corrected chi connectivity index (χ0v) is 11.0. The topological polar surface area (TPSA) is 38.8 Å². The van der Waals surface area contributed by atoms with Gasteiger partial charge in [0.05, 0.1) is 17.1 Å². The van der Waals surface area contributed by atoms with Crippen molar-refractivity contribution in [2.45, 2.75) is 6.61 Å². The fraction of sp³-hybridized carbons (Fsp3) is 0.300. The summed E-state index contributed by atoms with van der Waals surface area (Å²) in [7, 11) is 2.53. The highest BCUT2D eigenvalue weighted by atomic mass is 79.9. The molecule has 0 N–H and O–H groups in total. The minimum atomic E-state index is -3.08. The largest absolute Gasteiger partial charge is 0.434 e. The van der Waals surface area contributed by atoms with Crippen molar-refractivity contribution in [2.75, 3.05) is 14.2 Å². The van der Waals surface area contributed by atoms with E-state index >= 15 is 0 Å². The number of hydroxylamine groups is 2. The summed E-state index contributed by atoms with van der Waals surface area (Å²) in [5.74, 6) is -2.14. The highest BCUT2D eigenvalue weighted by molar-refractivity contribution is 9.10. The Hall–Kier alpha value is -1.28. The van der Waals surface area contributed by atoms with Crippen molar-refractivity contribution in [3.8, 4) is 5.75 Å². The second-order valence-corrected chi connectivity index (χ2v) is 3.90. The molecule has 4 nitrogen and oxygen atoms in total. The summed E-state index contributed by atoms with van der Waals surface area (Å²) < 4.78 is 41.5. The number of amides is 1. The number of halogens is 4. The molecule has 1 rings (SSSR count). The van der Waals surface area contributed by atoms with Crippen molar-refractivity contribution in [2.24, 2.45) is 0 Å². The molecule has 0 aliphatic rings. The predicted molar refractivity (Wildman–Crippen MR) is 59.8 cm³/mol. The van der Waals surface area contributed by atoms with E-state index < -0.39 is 18.3 Å². The van der Waals surface area contributed by atoms with Crippen LogP contribution in [0.5, 0.6) is 5.75 Å². The van der Waals surface area contributed by atoms with Gasteiger partial charge >= 0.3 is 6.61 Å². The van der Waals surface area contributed by atoms with E-state index in [4.69, 9.17) is 0 Å². The molecule has 8 heteroatoms. The third-order valence-corrected chi connectivity index (χ3v) is 2.79. The van der Waals surface area contributed by atoms with Crippen LogP contribution in [0.15, 0.2) is 16.6 Å². The van der Waals surface area contributed by atoms with E-state index in [1.54, 1.807) is 0 Å². The summed E-state index contributed by atoms with van der Waals surface area (Å²) in [4.78, 5) is 16.2. The van der Waals surface area contributed by atoms with Crippen molar-refractivity contribution in [3.05, 3.63) is 28.0 Å². The average molecular weight is 328 g/mol. The Morgan fingerprint density at radius 1 is 1.44 bits per heavy atom. The van der Waals surface area contributed by atoms with Crippen LogP contribution >= 0.6 is 15.9 Å². The van der Waals surface area contributed by atoms with Gasteiger partial charge in [0.15, 0.2) is 5.82 Å². The Morgan fingerprint density at radius 3 is 2.56 bits per heavy atom. The zero-order valence-electron chi connectivity index (χ0n) is 9.42. The lowest BCUT2D eigenvalue weighted by Crippen LogP contribution is -2.26. The lowest BCUT2D eigenvalue weighted by Gasteiger charge is -2.15. The Morgan fingerprint density at radius 2 is 2.06 bits per heavy atom. The summed E-state index contributed by atoms with van der Waals surface area (Å²) in [6.07, 6.45) is 0. The van der Waals surface area contributed by atoms with Gasteiger partial charge in [-0.25, -0.2) is 9.45 Å². The number of rotatable bonds is 4. The van der Waals surface area contributed by atoms with Gasteiger partial charge in [-0.3, -0.25) is 9.63 Å². The quantitative estimate of drug-likeness (QED) is 0.798. The molecule has 0 aliphatic carbocycles. The fourth-order valence-corrected chi connectivity index (χ4v) is 1.58. The lowest BCUT2D eigenvalue weighted by atomic mass is 10.2. The normalized spacial score (nSPS) is 10.6. The first-order valence-corrected chi connectivity index (χ1v) is 5.42. The van der Waals surface area contributed by atoms with Gasteiger partial charge in [0.25, 0.3) is 5.91 Å². The second-order valence-electron chi connectivity index (χ2n) is 3.10. The predicted octanol–water partition coefficient (Wildman–Crippen LogP) is 2.82. The van der Waals surface area contributed by atoms with Gasteiger partial charge in [-0.05, 0) is 28.1 Å². The van der Waals surface area contributed by atoms with Gasteiger partial charge in [-0.2, -0.15) is 8.78 Å². The number of hydrogen-bond donors (Lipinski definition) is 0. The summed E-state index contributed by atoms with van der Waals surface area (Å²) in [6, 6.07) is 2.10. The summed E-state index contributed by atoms with van der Waals surface area (Å²) in [6.45, 7) is -3.08. The molecule has 100 valence electrons. The molecule has 0 spiro atoms. The number of nitrogens with zero attached hydrogens (tertiary/aromatic N) is 1.